The van der Waals surface area contributed by atoms with E-state index in [9.17, 15) is 9.59 Å². The van der Waals surface area contributed by atoms with Crippen molar-refractivity contribution >= 4 is 11.9 Å². The molecule has 0 saturated carbocycles. The maximum Gasteiger partial charge on any atom is 0.312 e. The molecular formula is C16H18N4O3. The van der Waals surface area contributed by atoms with Gasteiger partial charge in [0.2, 0.25) is 5.88 Å². The monoisotopic (exact) mass is 314 g/mol. The van der Waals surface area contributed by atoms with Crippen molar-refractivity contribution in [2.45, 2.75) is 13.1 Å². The number of benzene rings is 1. The zero-order chi connectivity index (χ0) is 16.7. The summed E-state index contributed by atoms with van der Waals surface area (Å²) in [6, 6.07) is 9.90. The lowest BCUT2D eigenvalue weighted by Crippen LogP contribution is -2.28. The predicted octanol–water partition coefficient (Wildman–Crippen LogP) is 1.19. The van der Waals surface area contributed by atoms with Gasteiger partial charge in [-0.25, -0.2) is 9.78 Å². The molecule has 0 saturated heterocycles. The van der Waals surface area contributed by atoms with Crippen molar-refractivity contribution in [3.63, 3.8) is 0 Å². The number of urea groups is 1. The average molecular weight is 314 g/mol. The minimum Gasteiger partial charge on any atom is -0.481 e. The third kappa shape index (κ3) is 4.99. The fraction of sp³-hybridized carbons (Fsp3) is 0.188. The van der Waals surface area contributed by atoms with Gasteiger partial charge in [-0.15, -0.1) is 0 Å². The zero-order valence-corrected chi connectivity index (χ0v) is 12.7. The number of ether oxygens (including phenoxy) is 1. The van der Waals surface area contributed by atoms with Crippen LogP contribution in [0.4, 0.5) is 4.79 Å². The third-order valence-corrected chi connectivity index (χ3v) is 3.14. The molecule has 0 unspecified atom stereocenters. The summed E-state index contributed by atoms with van der Waals surface area (Å²) < 4.78 is 5.04. The molecule has 4 N–H and O–H groups in total. The van der Waals surface area contributed by atoms with Gasteiger partial charge in [0.15, 0.2) is 0 Å². The predicted molar refractivity (Wildman–Crippen MR) is 84.8 cm³/mol. The van der Waals surface area contributed by atoms with Crippen LogP contribution in [-0.4, -0.2) is 24.0 Å². The summed E-state index contributed by atoms with van der Waals surface area (Å²) in [5.41, 5.74) is 7.30. The van der Waals surface area contributed by atoms with Gasteiger partial charge in [-0.05, 0) is 29.3 Å². The first-order chi connectivity index (χ1) is 11.1. The van der Waals surface area contributed by atoms with Crippen molar-refractivity contribution in [3.05, 3.63) is 59.3 Å². The summed E-state index contributed by atoms with van der Waals surface area (Å²) >= 11 is 0. The number of aromatic nitrogens is 1. The van der Waals surface area contributed by atoms with Gasteiger partial charge in [-0.2, -0.15) is 0 Å². The summed E-state index contributed by atoms with van der Waals surface area (Å²) in [5, 5.41) is 5.31. The van der Waals surface area contributed by atoms with Crippen LogP contribution < -0.4 is 21.1 Å². The van der Waals surface area contributed by atoms with E-state index in [2.05, 4.69) is 15.6 Å². The van der Waals surface area contributed by atoms with Crippen molar-refractivity contribution in [2.24, 2.45) is 5.73 Å². The van der Waals surface area contributed by atoms with Crippen molar-refractivity contribution in [3.8, 4) is 5.88 Å². The number of methoxy groups -OCH3 is 1. The smallest absolute Gasteiger partial charge is 0.312 e. The first-order valence-electron chi connectivity index (χ1n) is 6.98. The highest BCUT2D eigenvalue weighted by Gasteiger charge is 2.06. The number of rotatable bonds is 6. The normalized spacial score (nSPS) is 9.96. The van der Waals surface area contributed by atoms with E-state index in [1.54, 1.807) is 49.7 Å². The van der Waals surface area contributed by atoms with Gasteiger partial charge >= 0.3 is 6.03 Å². The number of primary amides is 1. The van der Waals surface area contributed by atoms with E-state index >= 15 is 0 Å². The molecule has 3 amide bonds. The Morgan fingerprint density at radius 3 is 2.43 bits per heavy atom. The summed E-state index contributed by atoms with van der Waals surface area (Å²) in [6.07, 6.45) is 1.63. The number of carbonyl (C=O) groups excluding carboxylic acids is 2. The summed E-state index contributed by atoms with van der Waals surface area (Å²) in [5.74, 6) is 0.318. The highest BCUT2D eigenvalue weighted by Crippen LogP contribution is 2.09. The lowest BCUT2D eigenvalue weighted by molar-refractivity contribution is 0.0951. The maximum absolute atomic E-state index is 12.1. The Morgan fingerprint density at radius 2 is 1.78 bits per heavy atom. The van der Waals surface area contributed by atoms with E-state index in [0.29, 0.717) is 24.5 Å². The first-order valence-corrected chi connectivity index (χ1v) is 6.98. The largest absolute Gasteiger partial charge is 0.481 e. The molecule has 0 spiro atoms. The van der Waals surface area contributed by atoms with Gasteiger partial charge in [0, 0.05) is 30.9 Å². The number of pyridine rings is 1. The van der Waals surface area contributed by atoms with E-state index in [-0.39, 0.29) is 5.91 Å². The van der Waals surface area contributed by atoms with Gasteiger partial charge < -0.3 is 21.1 Å². The Bertz CT molecular complexity index is 686. The fourth-order valence-corrected chi connectivity index (χ4v) is 1.92. The molecule has 0 bridgehead atoms. The highest BCUT2D eigenvalue weighted by atomic mass is 16.5. The number of hydrogen-bond donors (Lipinski definition) is 3. The third-order valence-electron chi connectivity index (χ3n) is 3.14. The Morgan fingerprint density at radius 1 is 1.09 bits per heavy atom. The molecule has 2 rings (SSSR count). The Labute approximate surface area is 133 Å². The number of amides is 3. The number of nitrogens with two attached hydrogens (primary N) is 1. The Hall–Kier alpha value is -3.09. The molecule has 1 heterocycles. The number of carbonyl (C=O) groups is 2. The van der Waals surface area contributed by atoms with E-state index in [4.69, 9.17) is 10.5 Å². The summed E-state index contributed by atoms with van der Waals surface area (Å²) in [6.45, 7) is 0.705. The second-order valence-electron chi connectivity index (χ2n) is 4.80. The highest BCUT2D eigenvalue weighted by molar-refractivity contribution is 5.94. The molecule has 0 aliphatic heterocycles. The second kappa shape index (κ2) is 7.79. The Kier molecular flexibility index (Phi) is 5.51. The number of hydrogen-bond acceptors (Lipinski definition) is 4. The van der Waals surface area contributed by atoms with E-state index in [1.807, 2.05) is 0 Å². The summed E-state index contributed by atoms with van der Waals surface area (Å²) in [7, 11) is 1.54. The van der Waals surface area contributed by atoms with Crippen LogP contribution in [0.25, 0.3) is 0 Å². The second-order valence-corrected chi connectivity index (χ2v) is 4.80. The molecule has 120 valence electrons. The molecule has 1 aromatic carbocycles. The van der Waals surface area contributed by atoms with Crippen molar-refractivity contribution in [1.82, 2.24) is 15.6 Å². The molecule has 1 aromatic heterocycles. The zero-order valence-electron chi connectivity index (χ0n) is 12.7. The molecule has 0 radical (unpaired) electrons. The molecule has 0 fully saturated rings. The minimum atomic E-state index is -0.584. The van der Waals surface area contributed by atoms with Crippen LogP contribution in [0.3, 0.4) is 0 Å². The van der Waals surface area contributed by atoms with Crippen LogP contribution in [0.2, 0.25) is 0 Å². The van der Waals surface area contributed by atoms with E-state index in [1.165, 1.54) is 0 Å². The lowest BCUT2D eigenvalue weighted by atomic mass is 10.1. The van der Waals surface area contributed by atoms with Gasteiger partial charge in [-0.1, -0.05) is 12.1 Å². The minimum absolute atomic E-state index is 0.185. The molecule has 23 heavy (non-hydrogen) atoms. The summed E-state index contributed by atoms with van der Waals surface area (Å²) in [4.78, 5) is 26.8. The standard InChI is InChI=1S/C16H18N4O3/c1-23-14-8-12(6-7-18-14)10-19-15(21)13-4-2-11(3-5-13)9-20-16(17)22/h2-8H,9-10H2,1H3,(H,19,21)(H3,17,20,22). The van der Waals surface area contributed by atoms with E-state index < -0.39 is 6.03 Å². The van der Waals surface area contributed by atoms with Crippen LogP contribution >= 0.6 is 0 Å². The number of nitrogens with zero attached hydrogens (tertiary/aromatic N) is 1. The molecule has 2 aromatic rings. The van der Waals surface area contributed by atoms with Gasteiger partial charge in [0.05, 0.1) is 7.11 Å². The van der Waals surface area contributed by atoms with Crippen molar-refractivity contribution in [2.75, 3.05) is 7.11 Å². The molecule has 7 heteroatoms. The SMILES string of the molecule is COc1cc(CNC(=O)c2ccc(CNC(N)=O)cc2)ccn1. The fourth-order valence-electron chi connectivity index (χ4n) is 1.92. The topological polar surface area (TPSA) is 106 Å². The van der Waals surface area contributed by atoms with Gasteiger partial charge in [-0.3, -0.25) is 4.79 Å². The van der Waals surface area contributed by atoms with Crippen LogP contribution in [0.1, 0.15) is 21.5 Å². The Balaban J connectivity index is 1.91. The van der Waals surface area contributed by atoms with Crippen LogP contribution in [-0.2, 0) is 13.1 Å². The first kappa shape index (κ1) is 16.3. The quantitative estimate of drug-likeness (QED) is 0.744. The molecular weight excluding hydrogens is 296 g/mol. The van der Waals surface area contributed by atoms with Gasteiger partial charge in [0.1, 0.15) is 0 Å². The maximum atomic E-state index is 12.1. The number of nitrogens with one attached hydrogen (secondary N) is 2. The average Bonchev–Trinajstić information content (AvgIpc) is 2.58. The molecule has 0 atom stereocenters. The van der Waals surface area contributed by atoms with Crippen molar-refractivity contribution < 1.29 is 14.3 Å². The van der Waals surface area contributed by atoms with Crippen LogP contribution in [0, 0.1) is 0 Å². The molecule has 7 nitrogen and oxygen atoms in total. The van der Waals surface area contributed by atoms with Crippen molar-refractivity contribution in [1.29, 1.82) is 0 Å². The van der Waals surface area contributed by atoms with Gasteiger partial charge in [0.25, 0.3) is 5.91 Å². The van der Waals surface area contributed by atoms with E-state index in [0.717, 1.165) is 11.1 Å². The lowest BCUT2D eigenvalue weighted by Gasteiger charge is -2.07. The van der Waals surface area contributed by atoms with Crippen LogP contribution in [0.5, 0.6) is 5.88 Å². The molecule has 0 aliphatic rings. The van der Waals surface area contributed by atoms with Crippen LogP contribution in [0.15, 0.2) is 42.6 Å². The molecule has 0 aliphatic carbocycles.